The molecule has 5 N–H and O–H groups in total. The van der Waals surface area contributed by atoms with E-state index in [9.17, 15) is 9.59 Å². The fraction of sp³-hybridized carbons (Fsp3) is 0.667. The summed E-state index contributed by atoms with van der Waals surface area (Å²) in [4.78, 5) is 25.7. The molecule has 0 radical (unpaired) electrons. The van der Waals surface area contributed by atoms with Crippen molar-refractivity contribution in [2.24, 2.45) is 0 Å². The highest BCUT2D eigenvalue weighted by atomic mass is 32.2. The SMILES string of the molecule is COCCn1c(N)c(NCCSCCCO)c(=O)[nH]c1=O. The fourth-order valence-electron chi connectivity index (χ4n) is 1.68. The summed E-state index contributed by atoms with van der Waals surface area (Å²) in [6, 6.07) is 0. The highest BCUT2D eigenvalue weighted by Crippen LogP contribution is 2.10. The molecule has 0 aliphatic rings. The van der Waals surface area contributed by atoms with E-state index in [1.54, 1.807) is 11.8 Å². The molecule has 21 heavy (non-hydrogen) atoms. The van der Waals surface area contributed by atoms with E-state index in [0.29, 0.717) is 13.2 Å². The Balaban J connectivity index is 2.68. The number of rotatable bonds is 10. The average Bonchev–Trinajstić information content (AvgIpc) is 2.45. The molecular weight excluding hydrogens is 296 g/mol. The average molecular weight is 318 g/mol. The first-order valence-electron chi connectivity index (χ1n) is 6.65. The zero-order valence-corrected chi connectivity index (χ0v) is 12.9. The van der Waals surface area contributed by atoms with Gasteiger partial charge >= 0.3 is 5.69 Å². The van der Waals surface area contributed by atoms with E-state index in [0.717, 1.165) is 17.9 Å². The number of nitrogens with zero attached hydrogens (tertiary/aromatic N) is 1. The maximum absolute atomic E-state index is 11.8. The van der Waals surface area contributed by atoms with Gasteiger partial charge in [-0.3, -0.25) is 14.3 Å². The largest absolute Gasteiger partial charge is 0.396 e. The first kappa shape index (κ1) is 17.6. The Hall–Kier alpha value is -1.45. The van der Waals surface area contributed by atoms with Crippen molar-refractivity contribution in [2.75, 3.05) is 49.4 Å². The predicted molar refractivity (Wildman–Crippen MR) is 85.1 cm³/mol. The van der Waals surface area contributed by atoms with Gasteiger partial charge in [-0.15, -0.1) is 0 Å². The number of nitrogens with one attached hydrogen (secondary N) is 2. The van der Waals surface area contributed by atoms with Crippen LogP contribution in [0.2, 0.25) is 0 Å². The van der Waals surface area contributed by atoms with Crippen molar-refractivity contribution >= 4 is 23.3 Å². The topological polar surface area (TPSA) is 122 Å². The van der Waals surface area contributed by atoms with Gasteiger partial charge in [-0.2, -0.15) is 11.8 Å². The minimum atomic E-state index is -0.544. The number of ether oxygens (including phenoxy) is 1. The number of thioether (sulfide) groups is 1. The molecule has 0 aromatic carbocycles. The van der Waals surface area contributed by atoms with Crippen LogP contribution in [0.1, 0.15) is 6.42 Å². The van der Waals surface area contributed by atoms with E-state index >= 15 is 0 Å². The van der Waals surface area contributed by atoms with Crippen LogP contribution in [0.4, 0.5) is 11.5 Å². The Morgan fingerprint density at radius 1 is 1.43 bits per heavy atom. The van der Waals surface area contributed by atoms with Crippen LogP contribution in [0.5, 0.6) is 0 Å². The number of aromatic amines is 1. The van der Waals surface area contributed by atoms with Crippen LogP contribution in [-0.4, -0.2) is 53.0 Å². The van der Waals surface area contributed by atoms with Gasteiger partial charge in [0.15, 0.2) is 0 Å². The summed E-state index contributed by atoms with van der Waals surface area (Å²) in [5, 5.41) is 11.6. The molecule has 0 atom stereocenters. The van der Waals surface area contributed by atoms with Crippen LogP contribution in [0, 0.1) is 0 Å². The molecule has 0 amide bonds. The molecule has 8 nitrogen and oxygen atoms in total. The molecule has 1 aromatic rings. The first-order chi connectivity index (χ1) is 10.1. The molecular formula is C12H22N4O4S. The zero-order valence-electron chi connectivity index (χ0n) is 12.1. The van der Waals surface area contributed by atoms with E-state index < -0.39 is 11.2 Å². The van der Waals surface area contributed by atoms with Gasteiger partial charge in [0.2, 0.25) is 0 Å². The number of hydrogen-bond donors (Lipinski definition) is 4. The van der Waals surface area contributed by atoms with Crippen molar-refractivity contribution in [1.82, 2.24) is 9.55 Å². The summed E-state index contributed by atoms with van der Waals surface area (Å²) in [6.07, 6.45) is 0.745. The van der Waals surface area contributed by atoms with Crippen molar-refractivity contribution in [3.63, 3.8) is 0 Å². The van der Waals surface area contributed by atoms with Gasteiger partial charge in [0, 0.05) is 26.0 Å². The van der Waals surface area contributed by atoms with Gasteiger partial charge < -0.3 is 20.9 Å². The Kier molecular flexibility index (Phi) is 7.95. The maximum atomic E-state index is 11.8. The second-order valence-electron chi connectivity index (χ2n) is 4.28. The number of methoxy groups -OCH3 is 1. The molecule has 1 aromatic heterocycles. The van der Waals surface area contributed by atoms with E-state index in [1.165, 1.54) is 11.7 Å². The lowest BCUT2D eigenvalue weighted by Gasteiger charge is -2.13. The smallest absolute Gasteiger partial charge is 0.330 e. The Bertz CT molecular complexity index is 543. The fourth-order valence-corrected chi connectivity index (χ4v) is 2.46. The summed E-state index contributed by atoms with van der Waals surface area (Å²) in [6.45, 7) is 1.33. The predicted octanol–water partition coefficient (Wildman–Crippen LogP) is -0.707. The van der Waals surface area contributed by atoms with Gasteiger partial charge in [0.05, 0.1) is 13.2 Å². The van der Waals surface area contributed by atoms with Crippen LogP contribution in [0.25, 0.3) is 0 Å². The van der Waals surface area contributed by atoms with E-state index in [4.69, 9.17) is 15.6 Å². The lowest BCUT2D eigenvalue weighted by molar-refractivity contribution is 0.186. The molecule has 0 saturated heterocycles. The second kappa shape index (κ2) is 9.48. The highest BCUT2D eigenvalue weighted by Gasteiger charge is 2.11. The minimum absolute atomic E-state index is 0.112. The van der Waals surface area contributed by atoms with Gasteiger partial charge in [-0.05, 0) is 12.2 Å². The quantitative estimate of drug-likeness (QED) is 0.420. The van der Waals surface area contributed by atoms with E-state index in [2.05, 4.69) is 10.3 Å². The lowest BCUT2D eigenvalue weighted by atomic mass is 10.4. The summed E-state index contributed by atoms with van der Waals surface area (Å²) in [7, 11) is 1.52. The third kappa shape index (κ3) is 5.44. The summed E-state index contributed by atoms with van der Waals surface area (Å²) >= 11 is 1.67. The first-order valence-corrected chi connectivity index (χ1v) is 7.81. The van der Waals surface area contributed by atoms with Crippen LogP contribution in [0.3, 0.4) is 0 Å². The molecule has 0 bridgehead atoms. The van der Waals surface area contributed by atoms with Crippen LogP contribution < -0.4 is 22.3 Å². The van der Waals surface area contributed by atoms with Crippen molar-refractivity contribution in [2.45, 2.75) is 13.0 Å². The Morgan fingerprint density at radius 2 is 2.19 bits per heavy atom. The van der Waals surface area contributed by atoms with E-state index in [1.807, 2.05) is 0 Å². The molecule has 0 fully saturated rings. The molecule has 0 aliphatic carbocycles. The number of aromatic nitrogens is 2. The molecule has 0 saturated carbocycles. The molecule has 0 spiro atoms. The number of hydrogen-bond acceptors (Lipinski definition) is 7. The molecule has 9 heteroatoms. The van der Waals surface area contributed by atoms with Gasteiger partial charge in [0.25, 0.3) is 5.56 Å². The molecule has 0 aliphatic heterocycles. The van der Waals surface area contributed by atoms with Gasteiger partial charge in [-0.25, -0.2) is 4.79 Å². The summed E-state index contributed by atoms with van der Waals surface area (Å²) < 4.78 is 6.18. The molecule has 120 valence electrons. The van der Waals surface area contributed by atoms with Crippen molar-refractivity contribution in [1.29, 1.82) is 0 Å². The van der Waals surface area contributed by atoms with Crippen molar-refractivity contribution in [3.05, 3.63) is 20.8 Å². The monoisotopic (exact) mass is 318 g/mol. The van der Waals surface area contributed by atoms with Gasteiger partial charge in [-0.1, -0.05) is 0 Å². The number of aliphatic hydroxyl groups is 1. The summed E-state index contributed by atoms with van der Waals surface area (Å²) in [5.74, 6) is 1.74. The minimum Gasteiger partial charge on any atom is -0.396 e. The lowest BCUT2D eigenvalue weighted by Crippen LogP contribution is -2.35. The number of nitrogen functional groups attached to an aromatic ring is 1. The molecule has 0 unspecified atom stereocenters. The number of anilines is 2. The standard InChI is InChI=1S/C12H22N4O4S/c1-20-6-4-16-10(13)9(11(18)15-12(16)19)14-3-8-21-7-2-5-17/h14,17H,2-8,13H2,1H3,(H,15,18,19). The van der Waals surface area contributed by atoms with Crippen LogP contribution in [-0.2, 0) is 11.3 Å². The Labute approximate surface area is 126 Å². The van der Waals surface area contributed by atoms with Crippen molar-refractivity contribution < 1.29 is 9.84 Å². The maximum Gasteiger partial charge on any atom is 0.330 e. The van der Waals surface area contributed by atoms with Crippen LogP contribution >= 0.6 is 11.8 Å². The van der Waals surface area contributed by atoms with Gasteiger partial charge in [0.1, 0.15) is 11.5 Å². The number of H-pyrrole nitrogens is 1. The number of nitrogens with two attached hydrogens (primary N) is 1. The number of aliphatic hydroxyl groups excluding tert-OH is 1. The normalized spacial score (nSPS) is 10.8. The van der Waals surface area contributed by atoms with Crippen LogP contribution in [0.15, 0.2) is 9.59 Å². The Morgan fingerprint density at radius 3 is 2.86 bits per heavy atom. The molecule has 1 heterocycles. The third-order valence-corrected chi connectivity index (χ3v) is 3.82. The highest BCUT2D eigenvalue weighted by molar-refractivity contribution is 7.99. The molecule has 1 rings (SSSR count). The third-order valence-electron chi connectivity index (χ3n) is 2.75. The van der Waals surface area contributed by atoms with E-state index in [-0.39, 0.29) is 24.7 Å². The zero-order chi connectivity index (χ0) is 15.7. The van der Waals surface area contributed by atoms with Crippen molar-refractivity contribution in [3.8, 4) is 0 Å². The summed E-state index contributed by atoms with van der Waals surface area (Å²) in [5.41, 5.74) is 5.01. The second-order valence-corrected chi connectivity index (χ2v) is 5.51.